The van der Waals surface area contributed by atoms with Crippen molar-refractivity contribution in [1.29, 1.82) is 5.26 Å². The maximum Gasteiger partial charge on any atom is 0.316 e. The SMILES string of the molecule is COc1ncc(-c2ccc(C(C(=O)CCC(C)C)C3CCC(Cc4ncc(C#N)c(C5=NCC=C5C)n4)CC3)nc2)cn1. The van der Waals surface area contributed by atoms with Crippen LogP contribution in [0.1, 0.15) is 88.0 Å². The molecule has 1 aliphatic carbocycles. The van der Waals surface area contributed by atoms with Crippen LogP contribution in [0, 0.1) is 29.1 Å². The number of ether oxygens (including phenoxy) is 1. The van der Waals surface area contributed by atoms with Gasteiger partial charge in [0.15, 0.2) is 0 Å². The number of carbonyl (C=O) groups excluding carboxylic acids is 1. The van der Waals surface area contributed by atoms with Gasteiger partial charge in [0.25, 0.3) is 0 Å². The summed E-state index contributed by atoms with van der Waals surface area (Å²) >= 11 is 0. The monoisotopic (exact) mass is 577 g/mol. The highest BCUT2D eigenvalue weighted by Gasteiger charge is 2.34. The van der Waals surface area contributed by atoms with Gasteiger partial charge in [-0.1, -0.05) is 26.0 Å². The smallest absolute Gasteiger partial charge is 0.316 e. The van der Waals surface area contributed by atoms with Crippen LogP contribution in [0.25, 0.3) is 11.1 Å². The van der Waals surface area contributed by atoms with Gasteiger partial charge in [-0.2, -0.15) is 5.26 Å². The van der Waals surface area contributed by atoms with Crippen molar-refractivity contribution in [3.8, 4) is 23.2 Å². The van der Waals surface area contributed by atoms with E-state index in [4.69, 9.17) is 14.7 Å². The molecule has 5 rings (SSSR count). The molecule has 0 amide bonds. The number of aromatic nitrogens is 5. The second kappa shape index (κ2) is 13.8. The maximum absolute atomic E-state index is 13.7. The Hall–Kier alpha value is -4.32. The molecule has 0 N–H and O–H groups in total. The van der Waals surface area contributed by atoms with Crippen molar-refractivity contribution in [1.82, 2.24) is 24.9 Å². The van der Waals surface area contributed by atoms with Crippen LogP contribution in [-0.4, -0.2) is 50.1 Å². The molecule has 1 unspecified atom stereocenters. The molecule has 3 aromatic heterocycles. The van der Waals surface area contributed by atoms with Crippen molar-refractivity contribution in [2.75, 3.05) is 13.7 Å². The fraction of sp³-hybridized carbons (Fsp3) is 0.471. The fourth-order valence-corrected chi connectivity index (χ4v) is 6.11. The molecule has 1 saturated carbocycles. The molecule has 43 heavy (non-hydrogen) atoms. The molecular formula is C34H39N7O2. The third kappa shape index (κ3) is 7.19. The van der Waals surface area contributed by atoms with Crippen LogP contribution in [0.2, 0.25) is 0 Å². The molecule has 4 heterocycles. The average Bonchev–Trinajstić information content (AvgIpc) is 3.47. The molecule has 3 aromatic rings. The van der Waals surface area contributed by atoms with Crippen molar-refractivity contribution in [3.05, 3.63) is 71.3 Å². The van der Waals surface area contributed by atoms with E-state index in [0.717, 1.165) is 72.5 Å². The van der Waals surface area contributed by atoms with Crippen molar-refractivity contribution >= 4 is 11.5 Å². The fourth-order valence-electron chi connectivity index (χ4n) is 6.11. The van der Waals surface area contributed by atoms with E-state index in [0.29, 0.717) is 42.1 Å². The molecule has 0 saturated heterocycles. The molecule has 1 atom stereocenters. The first kappa shape index (κ1) is 30.1. The number of rotatable bonds is 11. The summed E-state index contributed by atoms with van der Waals surface area (Å²) in [4.78, 5) is 40.7. The number of aliphatic imine (C=N–C) groups is 1. The van der Waals surface area contributed by atoms with Crippen molar-refractivity contribution < 1.29 is 9.53 Å². The molecule has 9 heteroatoms. The number of Topliss-reactive ketones (excluding diaryl/α,β-unsaturated/α-hetero) is 1. The highest BCUT2D eigenvalue weighted by atomic mass is 16.5. The topological polar surface area (TPSA) is 127 Å². The summed E-state index contributed by atoms with van der Waals surface area (Å²) in [5, 5.41) is 9.61. The Morgan fingerprint density at radius 3 is 2.37 bits per heavy atom. The zero-order valence-electron chi connectivity index (χ0n) is 25.5. The van der Waals surface area contributed by atoms with E-state index in [1.807, 2.05) is 31.3 Å². The Morgan fingerprint density at radius 1 is 1.02 bits per heavy atom. The third-order valence-corrected chi connectivity index (χ3v) is 8.60. The number of carbonyl (C=O) groups is 1. The van der Waals surface area contributed by atoms with Gasteiger partial charge in [-0.05, 0) is 68.4 Å². The number of hydrogen-bond donors (Lipinski definition) is 0. The molecule has 0 spiro atoms. The van der Waals surface area contributed by atoms with Gasteiger partial charge in [0.2, 0.25) is 0 Å². The van der Waals surface area contributed by atoms with E-state index in [1.165, 1.54) is 7.11 Å². The minimum Gasteiger partial charge on any atom is -0.467 e. The molecular weight excluding hydrogens is 538 g/mol. The first-order chi connectivity index (χ1) is 20.9. The Labute approximate surface area is 253 Å². The normalized spacial score (nSPS) is 19.0. The van der Waals surface area contributed by atoms with Gasteiger partial charge in [0.05, 0.1) is 36.5 Å². The van der Waals surface area contributed by atoms with E-state index in [1.54, 1.807) is 18.6 Å². The molecule has 0 bridgehead atoms. The van der Waals surface area contributed by atoms with Gasteiger partial charge in [0, 0.05) is 48.8 Å². The van der Waals surface area contributed by atoms with Crippen LogP contribution in [0.15, 0.2) is 53.6 Å². The summed E-state index contributed by atoms with van der Waals surface area (Å²) < 4.78 is 5.07. The molecule has 0 aromatic carbocycles. The lowest BCUT2D eigenvalue weighted by atomic mass is 9.71. The van der Waals surface area contributed by atoms with Crippen molar-refractivity contribution in [2.24, 2.45) is 22.7 Å². The van der Waals surface area contributed by atoms with E-state index >= 15 is 0 Å². The highest BCUT2D eigenvalue weighted by Crippen LogP contribution is 2.40. The van der Waals surface area contributed by atoms with E-state index < -0.39 is 0 Å². The predicted octanol–water partition coefficient (Wildman–Crippen LogP) is 6.10. The number of allylic oxidation sites excluding steroid dienone is 1. The van der Waals surface area contributed by atoms with Crippen LogP contribution >= 0.6 is 0 Å². The van der Waals surface area contributed by atoms with Crippen LogP contribution in [-0.2, 0) is 11.2 Å². The van der Waals surface area contributed by atoms with Crippen LogP contribution in [0.5, 0.6) is 6.01 Å². The largest absolute Gasteiger partial charge is 0.467 e. The van der Waals surface area contributed by atoms with E-state index in [2.05, 4.69) is 39.9 Å². The molecule has 222 valence electrons. The van der Waals surface area contributed by atoms with Gasteiger partial charge < -0.3 is 4.74 Å². The van der Waals surface area contributed by atoms with Gasteiger partial charge in [0.1, 0.15) is 23.4 Å². The number of methoxy groups -OCH3 is 1. The van der Waals surface area contributed by atoms with E-state index in [-0.39, 0.29) is 17.6 Å². The number of nitrogens with zero attached hydrogens (tertiary/aromatic N) is 7. The van der Waals surface area contributed by atoms with Gasteiger partial charge in [-0.3, -0.25) is 14.8 Å². The Kier molecular flexibility index (Phi) is 9.65. The lowest BCUT2D eigenvalue weighted by Crippen LogP contribution is -2.28. The van der Waals surface area contributed by atoms with Gasteiger partial charge in [-0.25, -0.2) is 19.9 Å². The van der Waals surface area contributed by atoms with Crippen LogP contribution in [0.3, 0.4) is 0 Å². The lowest BCUT2D eigenvalue weighted by Gasteiger charge is -2.33. The predicted molar refractivity (Wildman–Crippen MR) is 165 cm³/mol. The Bertz CT molecular complexity index is 1530. The summed E-state index contributed by atoms with van der Waals surface area (Å²) in [6.45, 7) is 6.95. The minimum atomic E-state index is -0.214. The maximum atomic E-state index is 13.7. The summed E-state index contributed by atoms with van der Waals surface area (Å²) in [5.74, 6) is 1.97. The van der Waals surface area contributed by atoms with Crippen LogP contribution < -0.4 is 4.74 Å². The van der Waals surface area contributed by atoms with E-state index in [9.17, 15) is 10.1 Å². The Balaban J connectivity index is 1.29. The minimum absolute atomic E-state index is 0.214. The number of ketones is 1. The number of pyridine rings is 1. The van der Waals surface area contributed by atoms with Gasteiger partial charge in [-0.15, -0.1) is 0 Å². The summed E-state index contributed by atoms with van der Waals surface area (Å²) in [6.07, 6.45) is 15.0. The lowest BCUT2D eigenvalue weighted by molar-refractivity contribution is -0.122. The standard InChI is InChI=1S/C34H39N7O2/c1-21(2)5-12-29(42)31(28-11-10-25(17-37-28)27-19-39-34(43-4)40-20-27)24-8-6-23(7-9-24)15-30-38-18-26(16-35)33(41-30)32-22(3)13-14-36-32/h10-11,13,17-21,23-24,31H,5-9,12,14-15H2,1-4H3. The first-order valence-electron chi connectivity index (χ1n) is 15.2. The zero-order chi connectivity index (χ0) is 30.3. The van der Waals surface area contributed by atoms with Crippen molar-refractivity contribution in [3.63, 3.8) is 0 Å². The molecule has 1 aliphatic heterocycles. The quantitative estimate of drug-likeness (QED) is 0.268. The summed E-state index contributed by atoms with van der Waals surface area (Å²) in [7, 11) is 1.54. The first-order valence-corrected chi connectivity index (χ1v) is 15.2. The average molecular weight is 578 g/mol. The van der Waals surface area contributed by atoms with Crippen molar-refractivity contribution in [2.45, 2.75) is 71.6 Å². The third-order valence-electron chi connectivity index (χ3n) is 8.60. The molecule has 9 nitrogen and oxygen atoms in total. The number of nitriles is 1. The summed E-state index contributed by atoms with van der Waals surface area (Å²) in [5.41, 5.74) is 5.54. The number of hydrogen-bond acceptors (Lipinski definition) is 9. The molecule has 2 aliphatic rings. The second-order valence-electron chi connectivity index (χ2n) is 12.0. The summed E-state index contributed by atoms with van der Waals surface area (Å²) in [6, 6.07) is 6.55. The second-order valence-corrected chi connectivity index (χ2v) is 12.0. The Morgan fingerprint density at radius 2 is 1.77 bits per heavy atom. The zero-order valence-corrected chi connectivity index (χ0v) is 25.5. The van der Waals surface area contributed by atoms with Crippen LogP contribution in [0.4, 0.5) is 0 Å². The molecule has 0 radical (unpaired) electrons. The van der Waals surface area contributed by atoms with Gasteiger partial charge >= 0.3 is 6.01 Å². The molecule has 1 fully saturated rings. The highest BCUT2D eigenvalue weighted by molar-refractivity contribution is 6.13.